The van der Waals surface area contributed by atoms with Gasteiger partial charge in [0.25, 0.3) is 11.8 Å². The lowest BCUT2D eigenvalue weighted by molar-refractivity contribution is 0.0651. The highest BCUT2D eigenvalue weighted by Crippen LogP contribution is 2.39. The zero-order valence-corrected chi connectivity index (χ0v) is 17.1. The van der Waals surface area contributed by atoms with Crippen molar-refractivity contribution >= 4 is 28.4 Å². The van der Waals surface area contributed by atoms with E-state index < -0.39 is 44.0 Å². The minimum Gasteiger partial charge on any atom is -0.493 e. The Morgan fingerprint density at radius 2 is 1.90 bits per heavy atom. The van der Waals surface area contributed by atoms with Crippen molar-refractivity contribution in [2.24, 2.45) is 0 Å². The van der Waals surface area contributed by atoms with Crippen LogP contribution in [0.15, 0.2) is 48.7 Å². The fourth-order valence-corrected chi connectivity index (χ4v) is 3.57. The van der Waals surface area contributed by atoms with Gasteiger partial charge in [-0.05, 0) is 43.9 Å². The average Bonchev–Trinajstić information content (AvgIpc) is 3.11. The maximum atomic E-state index is 12.7. The number of amides is 2. The third-order valence-electron chi connectivity index (χ3n) is 5.01. The minimum atomic E-state index is -3.17. The van der Waals surface area contributed by atoms with Gasteiger partial charge in [0.05, 0.1) is 37.9 Å². The molecule has 2 amide bonds. The molecule has 3 aromatic rings. The molecule has 2 aromatic carbocycles. The SMILES string of the molecule is [2H]C([2H])([2H])C([2H])(Nc1cc(OC)c(OC)c2cccnc12)C([2H])([2H])CCN1C(=O)c2ccccc2C1=O. The van der Waals surface area contributed by atoms with Crippen LogP contribution in [0.25, 0.3) is 10.9 Å². The topological polar surface area (TPSA) is 80.8 Å². The second kappa shape index (κ2) is 8.63. The highest BCUT2D eigenvalue weighted by Gasteiger charge is 2.34. The van der Waals surface area contributed by atoms with Crippen LogP contribution in [0.2, 0.25) is 0 Å². The first kappa shape index (κ1) is 14.4. The highest BCUT2D eigenvalue weighted by molar-refractivity contribution is 6.21. The van der Waals surface area contributed by atoms with Gasteiger partial charge in [-0.1, -0.05) is 12.1 Å². The molecule has 160 valence electrons. The number of anilines is 1. The van der Waals surface area contributed by atoms with E-state index >= 15 is 0 Å². The predicted octanol–water partition coefficient (Wildman–Crippen LogP) is 4.13. The van der Waals surface area contributed by atoms with Crippen LogP contribution >= 0.6 is 0 Å². The molecule has 0 aliphatic carbocycles. The van der Waals surface area contributed by atoms with Gasteiger partial charge in [-0.25, -0.2) is 0 Å². The number of benzene rings is 2. The van der Waals surface area contributed by atoms with E-state index in [-0.39, 0.29) is 28.1 Å². The number of rotatable bonds is 8. The summed E-state index contributed by atoms with van der Waals surface area (Å²) in [7, 11) is 2.83. The molecule has 1 aliphatic heterocycles. The number of methoxy groups -OCH3 is 2. The monoisotopic (exact) mass is 425 g/mol. The summed E-state index contributed by atoms with van der Waals surface area (Å²) in [5.41, 5.74) is 0.685. The number of carbonyl (C=O) groups is 2. The Labute approximate surface area is 189 Å². The van der Waals surface area contributed by atoms with Crippen molar-refractivity contribution in [3.63, 3.8) is 0 Å². The van der Waals surface area contributed by atoms with E-state index in [1.807, 2.05) is 0 Å². The second-order valence-electron chi connectivity index (χ2n) is 6.79. The highest BCUT2D eigenvalue weighted by atomic mass is 16.5. The molecule has 7 heteroatoms. The second-order valence-corrected chi connectivity index (χ2v) is 6.79. The van der Waals surface area contributed by atoms with Gasteiger partial charge in [-0.15, -0.1) is 0 Å². The number of hydrogen-bond donors (Lipinski definition) is 1. The molecule has 0 fully saturated rings. The van der Waals surface area contributed by atoms with Crippen LogP contribution < -0.4 is 14.8 Å². The van der Waals surface area contributed by atoms with Crippen molar-refractivity contribution in [3.8, 4) is 11.5 Å². The van der Waals surface area contributed by atoms with E-state index in [1.54, 1.807) is 24.3 Å². The average molecular weight is 426 g/mol. The number of nitrogens with one attached hydrogen (secondary N) is 1. The largest absolute Gasteiger partial charge is 0.493 e. The Hall–Kier alpha value is -3.61. The summed E-state index contributed by atoms with van der Waals surface area (Å²) in [6.45, 7) is -3.59. The molecule has 4 rings (SSSR count). The summed E-state index contributed by atoms with van der Waals surface area (Å²) < 4.78 is 61.2. The van der Waals surface area contributed by atoms with Gasteiger partial charge in [0, 0.05) is 37.1 Å². The molecule has 1 atom stereocenters. The first-order valence-corrected chi connectivity index (χ1v) is 9.59. The smallest absolute Gasteiger partial charge is 0.261 e. The van der Waals surface area contributed by atoms with Crippen LogP contribution in [-0.4, -0.2) is 48.5 Å². The van der Waals surface area contributed by atoms with Gasteiger partial charge in [0.1, 0.15) is 0 Å². The van der Waals surface area contributed by atoms with E-state index in [2.05, 4.69) is 10.3 Å². The zero-order valence-electron chi connectivity index (χ0n) is 23.1. The predicted molar refractivity (Wildman–Crippen MR) is 119 cm³/mol. The first-order chi connectivity index (χ1) is 17.4. The van der Waals surface area contributed by atoms with Gasteiger partial charge < -0.3 is 14.8 Å². The number of imide groups is 1. The van der Waals surface area contributed by atoms with E-state index in [0.29, 0.717) is 11.1 Å². The molecule has 1 aliphatic rings. The van der Waals surface area contributed by atoms with Crippen molar-refractivity contribution in [2.45, 2.75) is 25.7 Å². The number of fused-ring (bicyclic) bond motifs is 2. The number of ether oxygens (including phenoxy) is 2. The standard InChI is InChI=1S/C24H25N3O4/c1-15(8-7-13-27-23(28)16-9-4-5-10-17(16)24(27)29)26-19-14-20(30-2)22(31-3)18-11-6-12-25-21(18)19/h4-6,9-12,14-15,26H,7-8,13H2,1-3H3/i1D3,8D2,15D. The molecular formula is C24H25N3O4. The quantitative estimate of drug-likeness (QED) is 0.547. The van der Waals surface area contributed by atoms with Gasteiger partial charge in [-0.3, -0.25) is 19.5 Å². The van der Waals surface area contributed by atoms with Crippen LogP contribution in [0.3, 0.4) is 0 Å². The normalized spacial score (nSPS) is 18.7. The van der Waals surface area contributed by atoms with Crippen LogP contribution in [-0.2, 0) is 0 Å². The van der Waals surface area contributed by atoms with Gasteiger partial charge in [-0.2, -0.15) is 0 Å². The van der Waals surface area contributed by atoms with Crippen molar-refractivity contribution in [3.05, 3.63) is 59.8 Å². The molecule has 0 bridgehead atoms. The lowest BCUT2D eigenvalue weighted by atomic mass is 10.1. The number of hydrogen-bond acceptors (Lipinski definition) is 6. The third-order valence-corrected chi connectivity index (χ3v) is 5.01. The van der Waals surface area contributed by atoms with E-state index in [9.17, 15) is 9.59 Å². The van der Waals surface area contributed by atoms with Gasteiger partial charge in [0.2, 0.25) is 0 Å². The molecule has 2 heterocycles. The lowest BCUT2D eigenvalue weighted by Crippen LogP contribution is -2.31. The van der Waals surface area contributed by atoms with E-state index in [4.69, 9.17) is 17.7 Å². The first-order valence-electron chi connectivity index (χ1n) is 12.6. The molecule has 1 aromatic heterocycles. The van der Waals surface area contributed by atoms with Crippen LogP contribution in [0, 0.1) is 0 Å². The Morgan fingerprint density at radius 1 is 1.16 bits per heavy atom. The van der Waals surface area contributed by atoms with Crippen molar-refractivity contribution in [2.75, 3.05) is 26.1 Å². The van der Waals surface area contributed by atoms with Gasteiger partial charge in [0.15, 0.2) is 11.5 Å². The maximum absolute atomic E-state index is 12.7. The third kappa shape index (κ3) is 3.79. The number of pyridine rings is 1. The minimum absolute atomic E-state index is 0.0454. The summed E-state index contributed by atoms with van der Waals surface area (Å²) in [5, 5.41) is 3.03. The van der Waals surface area contributed by atoms with Crippen molar-refractivity contribution in [1.82, 2.24) is 9.88 Å². The Kier molecular flexibility index (Phi) is 4.01. The van der Waals surface area contributed by atoms with Crippen molar-refractivity contribution < 1.29 is 27.3 Å². The molecule has 31 heavy (non-hydrogen) atoms. The summed E-state index contributed by atoms with van der Waals surface area (Å²) >= 11 is 0. The van der Waals surface area contributed by atoms with Crippen LogP contribution in [0.1, 0.15) is 48.6 Å². The molecule has 0 saturated carbocycles. The molecule has 0 saturated heterocycles. The molecular weight excluding hydrogens is 394 g/mol. The van der Waals surface area contributed by atoms with Gasteiger partial charge >= 0.3 is 0 Å². The Bertz CT molecular complexity index is 1350. The summed E-state index contributed by atoms with van der Waals surface area (Å²) in [6, 6.07) is 8.03. The zero-order chi connectivity index (χ0) is 27.2. The van der Waals surface area contributed by atoms with Crippen LogP contribution in [0.4, 0.5) is 5.69 Å². The van der Waals surface area contributed by atoms with Crippen LogP contribution in [0.5, 0.6) is 11.5 Å². The maximum Gasteiger partial charge on any atom is 0.261 e. The lowest BCUT2D eigenvalue weighted by Gasteiger charge is -2.20. The Balaban J connectivity index is 1.70. The fraction of sp³-hybridized carbons (Fsp3) is 0.292. The number of aromatic nitrogens is 1. The summed E-state index contributed by atoms with van der Waals surface area (Å²) in [5.74, 6) is -0.618. The summed E-state index contributed by atoms with van der Waals surface area (Å²) in [4.78, 5) is 30.6. The number of carbonyl (C=O) groups excluding carboxylic acids is 2. The Morgan fingerprint density at radius 3 is 2.55 bits per heavy atom. The van der Waals surface area contributed by atoms with E-state index in [1.165, 1.54) is 38.6 Å². The molecule has 1 unspecified atom stereocenters. The number of nitrogens with zero attached hydrogens (tertiary/aromatic N) is 2. The molecule has 7 nitrogen and oxygen atoms in total. The molecule has 0 spiro atoms. The molecule has 1 N–H and O–H groups in total. The fourth-order valence-electron chi connectivity index (χ4n) is 3.57. The molecule has 0 radical (unpaired) electrons. The summed E-state index contributed by atoms with van der Waals surface area (Å²) in [6.07, 6.45) is -1.88. The van der Waals surface area contributed by atoms with Crippen molar-refractivity contribution in [1.29, 1.82) is 0 Å². The van der Waals surface area contributed by atoms with E-state index in [0.717, 1.165) is 4.90 Å².